The molecule has 0 spiro atoms. The molecule has 96 valence electrons. The van der Waals surface area contributed by atoms with Crippen molar-refractivity contribution in [1.29, 1.82) is 0 Å². The first-order chi connectivity index (χ1) is 8.59. The number of aromatic nitrogens is 2. The number of hydrogen-bond acceptors (Lipinski definition) is 3. The molecule has 0 aliphatic heterocycles. The molecule has 0 saturated carbocycles. The molecule has 4 heteroatoms. The number of aryl methyl sites for hydroxylation is 1. The highest BCUT2D eigenvalue weighted by atomic mass is 15.2. The van der Waals surface area contributed by atoms with Crippen molar-refractivity contribution in [1.82, 2.24) is 14.5 Å². The van der Waals surface area contributed by atoms with E-state index in [1.54, 1.807) is 6.20 Å². The SMILES string of the molecule is Cc1ccccc1C(N)c1nccn1CN(C)C. The maximum atomic E-state index is 6.34. The van der Waals surface area contributed by atoms with Crippen LogP contribution in [-0.2, 0) is 6.67 Å². The number of rotatable bonds is 4. The molecule has 0 aliphatic rings. The van der Waals surface area contributed by atoms with E-state index in [0.29, 0.717) is 0 Å². The number of nitrogens with two attached hydrogens (primary N) is 1. The fourth-order valence-electron chi connectivity index (χ4n) is 2.10. The highest BCUT2D eigenvalue weighted by Crippen LogP contribution is 2.21. The molecule has 2 N–H and O–H groups in total. The lowest BCUT2D eigenvalue weighted by Crippen LogP contribution is -2.23. The lowest BCUT2D eigenvalue weighted by molar-refractivity contribution is 0.318. The summed E-state index contributed by atoms with van der Waals surface area (Å²) in [4.78, 5) is 6.49. The molecule has 1 heterocycles. The van der Waals surface area contributed by atoms with Crippen molar-refractivity contribution in [2.45, 2.75) is 19.6 Å². The van der Waals surface area contributed by atoms with Gasteiger partial charge in [0, 0.05) is 12.4 Å². The Balaban J connectivity index is 2.32. The molecule has 0 fully saturated rings. The molecular formula is C14H20N4. The molecule has 18 heavy (non-hydrogen) atoms. The number of benzene rings is 1. The smallest absolute Gasteiger partial charge is 0.131 e. The summed E-state index contributed by atoms with van der Waals surface area (Å²) in [5.74, 6) is 0.901. The first kappa shape index (κ1) is 12.8. The van der Waals surface area contributed by atoms with Crippen LogP contribution in [0.15, 0.2) is 36.7 Å². The monoisotopic (exact) mass is 244 g/mol. The Morgan fingerprint density at radius 2 is 2.06 bits per heavy atom. The van der Waals surface area contributed by atoms with Crippen LogP contribution in [0.4, 0.5) is 0 Å². The molecule has 0 radical (unpaired) electrons. The van der Waals surface area contributed by atoms with Crippen molar-refractivity contribution in [2.75, 3.05) is 14.1 Å². The molecule has 4 nitrogen and oxygen atoms in total. The molecular weight excluding hydrogens is 224 g/mol. The van der Waals surface area contributed by atoms with Gasteiger partial charge in [-0.2, -0.15) is 0 Å². The Morgan fingerprint density at radius 1 is 1.33 bits per heavy atom. The summed E-state index contributed by atoms with van der Waals surface area (Å²) in [7, 11) is 4.06. The zero-order valence-electron chi connectivity index (χ0n) is 11.2. The van der Waals surface area contributed by atoms with Crippen molar-refractivity contribution in [3.8, 4) is 0 Å². The van der Waals surface area contributed by atoms with Crippen LogP contribution in [0.1, 0.15) is 23.0 Å². The van der Waals surface area contributed by atoms with Gasteiger partial charge >= 0.3 is 0 Å². The largest absolute Gasteiger partial charge is 0.320 e. The third-order valence-electron chi connectivity index (χ3n) is 2.98. The molecule has 1 aromatic heterocycles. The minimum atomic E-state index is -0.179. The lowest BCUT2D eigenvalue weighted by Gasteiger charge is -2.18. The summed E-state index contributed by atoms with van der Waals surface area (Å²) < 4.78 is 2.08. The topological polar surface area (TPSA) is 47.1 Å². The van der Waals surface area contributed by atoms with Crippen LogP contribution >= 0.6 is 0 Å². The van der Waals surface area contributed by atoms with E-state index >= 15 is 0 Å². The van der Waals surface area contributed by atoms with E-state index in [2.05, 4.69) is 33.5 Å². The van der Waals surface area contributed by atoms with Crippen molar-refractivity contribution in [3.05, 3.63) is 53.6 Å². The zero-order valence-corrected chi connectivity index (χ0v) is 11.2. The first-order valence-electron chi connectivity index (χ1n) is 6.06. The average molecular weight is 244 g/mol. The van der Waals surface area contributed by atoms with Crippen molar-refractivity contribution in [3.63, 3.8) is 0 Å². The summed E-state index contributed by atoms with van der Waals surface area (Å²) in [6, 6.07) is 8.00. The summed E-state index contributed by atoms with van der Waals surface area (Å²) in [6.45, 7) is 2.86. The highest BCUT2D eigenvalue weighted by Gasteiger charge is 2.16. The highest BCUT2D eigenvalue weighted by molar-refractivity contribution is 5.32. The van der Waals surface area contributed by atoms with Crippen LogP contribution in [0.25, 0.3) is 0 Å². The fourth-order valence-corrected chi connectivity index (χ4v) is 2.10. The van der Waals surface area contributed by atoms with Gasteiger partial charge in [-0.3, -0.25) is 4.90 Å². The van der Waals surface area contributed by atoms with Gasteiger partial charge in [0.15, 0.2) is 0 Å². The molecule has 2 aromatic rings. The Kier molecular flexibility index (Phi) is 3.79. The first-order valence-corrected chi connectivity index (χ1v) is 6.06. The predicted molar refractivity (Wildman–Crippen MR) is 73.1 cm³/mol. The van der Waals surface area contributed by atoms with E-state index in [1.165, 1.54) is 5.56 Å². The van der Waals surface area contributed by atoms with Gasteiger partial charge in [0.25, 0.3) is 0 Å². The van der Waals surface area contributed by atoms with Crippen LogP contribution in [0.3, 0.4) is 0 Å². The summed E-state index contributed by atoms with van der Waals surface area (Å²) >= 11 is 0. The molecule has 1 unspecified atom stereocenters. The van der Waals surface area contributed by atoms with E-state index in [0.717, 1.165) is 18.1 Å². The third-order valence-corrected chi connectivity index (χ3v) is 2.98. The van der Waals surface area contributed by atoms with Crippen molar-refractivity contribution in [2.24, 2.45) is 5.73 Å². The van der Waals surface area contributed by atoms with Gasteiger partial charge < -0.3 is 10.3 Å². The molecule has 0 bridgehead atoms. The van der Waals surface area contributed by atoms with E-state index in [4.69, 9.17) is 5.73 Å². The van der Waals surface area contributed by atoms with Crippen LogP contribution in [0, 0.1) is 6.92 Å². The summed E-state index contributed by atoms with van der Waals surface area (Å²) in [6.07, 6.45) is 3.77. The lowest BCUT2D eigenvalue weighted by atomic mass is 10.0. The predicted octanol–water partition coefficient (Wildman–Crippen LogP) is 1.76. The van der Waals surface area contributed by atoms with Crippen LogP contribution in [0.2, 0.25) is 0 Å². The van der Waals surface area contributed by atoms with Crippen molar-refractivity contribution >= 4 is 0 Å². The molecule has 0 amide bonds. The van der Waals surface area contributed by atoms with Crippen LogP contribution < -0.4 is 5.73 Å². The van der Waals surface area contributed by atoms with Gasteiger partial charge in [-0.15, -0.1) is 0 Å². The average Bonchev–Trinajstić information content (AvgIpc) is 2.76. The van der Waals surface area contributed by atoms with Gasteiger partial charge in [0.2, 0.25) is 0 Å². The summed E-state index contributed by atoms with van der Waals surface area (Å²) in [5.41, 5.74) is 8.66. The molecule has 0 saturated heterocycles. The second-order valence-corrected chi connectivity index (χ2v) is 4.81. The number of nitrogens with zero attached hydrogens (tertiary/aromatic N) is 3. The summed E-state index contributed by atoms with van der Waals surface area (Å²) in [5, 5.41) is 0. The maximum absolute atomic E-state index is 6.34. The van der Waals surface area contributed by atoms with Crippen LogP contribution in [0.5, 0.6) is 0 Å². The van der Waals surface area contributed by atoms with E-state index in [-0.39, 0.29) is 6.04 Å². The van der Waals surface area contributed by atoms with Gasteiger partial charge in [-0.1, -0.05) is 24.3 Å². The number of hydrogen-bond donors (Lipinski definition) is 1. The Bertz CT molecular complexity index is 516. The van der Waals surface area contributed by atoms with Gasteiger partial charge in [0.1, 0.15) is 5.82 Å². The molecule has 1 aromatic carbocycles. The minimum Gasteiger partial charge on any atom is -0.320 e. The fraction of sp³-hybridized carbons (Fsp3) is 0.357. The Labute approximate surface area is 108 Å². The van der Waals surface area contributed by atoms with E-state index < -0.39 is 0 Å². The standard InChI is InChI=1S/C14H20N4/c1-11-6-4-5-7-12(11)13(15)14-16-8-9-18(14)10-17(2)3/h4-9,13H,10,15H2,1-3H3. The normalized spacial score (nSPS) is 12.9. The zero-order chi connectivity index (χ0) is 13.1. The molecule has 1 atom stereocenters. The Morgan fingerprint density at radius 3 is 2.72 bits per heavy atom. The molecule has 2 rings (SSSR count). The van der Waals surface area contributed by atoms with E-state index in [1.807, 2.05) is 32.4 Å². The second kappa shape index (κ2) is 5.33. The van der Waals surface area contributed by atoms with Gasteiger partial charge in [-0.25, -0.2) is 4.98 Å². The van der Waals surface area contributed by atoms with E-state index in [9.17, 15) is 0 Å². The van der Waals surface area contributed by atoms with Crippen molar-refractivity contribution < 1.29 is 0 Å². The third kappa shape index (κ3) is 2.60. The second-order valence-electron chi connectivity index (χ2n) is 4.81. The Hall–Kier alpha value is -1.65. The minimum absolute atomic E-state index is 0.179. The van der Waals surface area contributed by atoms with Gasteiger partial charge in [-0.05, 0) is 32.1 Å². The van der Waals surface area contributed by atoms with Crippen LogP contribution in [-0.4, -0.2) is 28.5 Å². The van der Waals surface area contributed by atoms with Gasteiger partial charge in [0.05, 0.1) is 12.7 Å². The quantitative estimate of drug-likeness (QED) is 0.891. The maximum Gasteiger partial charge on any atom is 0.131 e. The number of imidazole rings is 1. The molecule has 0 aliphatic carbocycles.